The van der Waals surface area contributed by atoms with Crippen LogP contribution >= 0.6 is 11.8 Å². The molecule has 2 N–H and O–H groups in total. The van der Waals surface area contributed by atoms with Gasteiger partial charge in [-0.3, -0.25) is 9.59 Å². The number of hydrogen-bond acceptors (Lipinski definition) is 3. The number of rotatable bonds is 5. The van der Waals surface area contributed by atoms with Crippen molar-refractivity contribution in [2.75, 3.05) is 0 Å². The Morgan fingerprint density at radius 3 is 2.60 bits per heavy atom. The van der Waals surface area contributed by atoms with E-state index in [1.54, 1.807) is 25.1 Å². The van der Waals surface area contributed by atoms with E-state index in [4.69, 9.17) is 5.11 Å². The van der Waals surface area contributed by atoms with Gasteiger partial charge in [0.2, 0.25) is 0 Å². The molecule has 0 bridgehead atoms. The normalized spacial score (nSPS) is 22.7. The second-order valence-electron chi connectivity index (χ2n) is 5.34. The number of aliphatic carboxylic acids is 1. The molecule has 1 aliphatic carbocycles. The molecule has 4 nitrogen and oxygen atoms in total. The van der Waals surface area contributed by atoms with Crippen molar-refractivity contribution in [3.63, 3.8) is 0 Å². The predicted molar refractivity (Wildman–Crippen MR) is 79.0 cm³/mol. The molecule has 0 heterocycles. The minimum atomic E-state index is -0.877. The van der Waals surface area contributed by atoms with E-state index >= 15 is 0 Å². The number of carbonyl (C=O) groups excluding carboxylic acids is 1. The lowest BCUT2D eigenvalue weighted by molar-refractivity contribution is -0.136. The molecular formula is C15H19NO3S. The molecule has 20 heavy (non-hydrogen) atoms. The lowest BCUT2D eigenvalue weighted by Gasteiger charge is -2.33. The van der Waals surface area contributed by atoms with Crippen molar-refractivity contribution in [1.29, 1.82) is 0 Å². The van der Waals surface area contributed by atoms with E-state index in [0.29, 0.717) is 16.4 Å². The summed E-state index contributed by atoms with van der Waals surface area (Å²) in [4.78, 5) is 23.9. The van der Waals surface area contributed by atoms with E-state index in [0.717, 1.165) is 12.8 Å². The van der Waals surface area contributed by atoms with Crippen molar-refractivity contribution in [3.05, 3.63) is 29.8 Å². The number of amides is 1. The Hall–Kier alpha value is -1.49. The van der Waals surface area contributed by atoms with Crippen LogP contribution in [0.15, 0.2) is 29.2 Å². The first kappa shape index (κ1) is 14.9. The molecule has 1 aromatic carbocycles. The molecule has 0 aliphatic heterocycles. The molecular weight excluding hydrogens is 274 g/mol. The summed E-state index contributed by atoms with van der Waals surface area (Å²) in [6.07, 6.45) is 2.04. The van der Waals surface area contributed by atoms with E-state index in [2.05, 4.69) is 12.2 Å². The Kier molecular flexibility index (Phi) is 4.70. The molecule has 1 saturated carbocycles. The molecule has 0 saturated heterocycles. The number of carbonyl (C=O) groups is 2. The molecule has 1 atom stereocenters. The summed E-state index contributed by atoms with van der Waals surface area (Å²) in [5.74, 6) is -0.308. The van der Waals surface area contributed by atoms with Crippen molar-refractivity contribution in [3.8, 4) is 0 Å². The number of hydrogen-bond donors (Lipinski definition) is 2. The van der Waals surface area contributed by atoms with Gasteiger partial charge < -0.3 is 10.4 Å². The molecule has 1 aliphatic rings. The van der Waals surface area contributed by atoms with Crippen molar-refractivity contribution in [2.45, 2.75) is 42.9 Å². The second-order valence-corrected chi connectivity index (χ2v) is 6.72. The monoisotopic (exact) mass is 293 g/mol. The molecule has 0 spiro atoms. The maximum Gasteiger partial charge on any atom is 0.316 e. The lowest BCUT2D eigenvalue weighted by atomic mass is 9.82. The Morgan fingerprint density at radius 1 is 1.35 bits per heavy atom. The van der Waals surface area contributed by atoms with Crippen LogP contribution in [0.1, 0.15) is 37.0 Å². The Morgan fingerprint density at radius 2 is 2.00 bits per heavy atom. The summed E-state index contributed by atoms with van der Waals surface area (Å²) in [7, 11) is 0. The Bertz CT molecular complexity index is 512. The molecule has 1 aromatic rings. The van der Waals surface area contributed by atoms with E-state index in [9.17, 15) is 9.59 Å². The number of nitrogens with one attached hydrogen (secondary N) is 1. The first-order chi connectivity index (χ1) is 9.47. The average Bonchev–Trinajstić information content (AvgIpc) is 2.37. The minimum Gasteiger partial charge on any atom is -0.480 e. The van der Waals surface area contributed by atoms with Crippen LogP contribution in [0.3, 0.4) is 0 Å². The second kappa shape index (κ2) is 6.31. The van der Waals surface area contributed by atoms with Gasteiger partial charge in [-0.1, -0.05) is 19.1 Å². The van der Waals surface area contributed by atoms with Crippen molar-refractivity contribution < 1.29 is 14.7 Å². The maximum atomic E-state index is 12.3. The number of carboxylic acids is 1. The number of benzene rings is 1. The van der Waals surface area contributed by atoms with Crippen LogP contribution < -0.4 is 5.32 Å². The molecule has 0 aromatic heterocycles. The summed E-state index contributed by atoms with van der Waals surface area (Å²) in [6.45, 7) is 3.79. The Balaban J connectivity index is 2.06. The summed E-state index contributed by atoms with van der Waals surface area (Å²) in [6, 6.07) is 7.41. The van der Waals surface area contributed by atoms with Gasteiger partial charge in [0.25, 0.3) is 5.91 Å². The zero-order valence-corrected chi connectivity index (χ0v) is 12.4. The highest BCUT2D eigenvalue weighted by atomic mass is 32.2. The van der Waals surface area contributed by atoms with Gasteiger partial charge in [-0.05, 0) is 37.8 Å². The third-order valence-corrected chi connectivity index (χ3v) is 4.66. The fraction of sp³-hybridized carbons (Fsp3) is 0.467. The summed E-state index contributed by atoms with van der Waals surface area (Å²) in [5.41, 5.74) is 0.560. The van der Waals surface area contributed by atoms with Crippen LogP contribution in [0.25, 0.3) is 0 Å². The summed E-state index contributed by atoms with van der Waals surface area (Å²) >= 11 is 1.20. The van der Waals surface area contributed by atoms with Gasteiger partial charge in [0.15, 0.2) is 0 Å². The van der Waals surface area contributed by atoms with Crippen LogP contribution in [-0.4, -0.2) is 28.3 Å². The van der Waals surface area contributed by atoms with E-state index in [-0.39, 0.29) is 11.9 Å². The van der Waals surface area contributed by atoms with Gasteiger partial charge in [0.1, 0.15) is 5.25 Å². The van der Waals surface area contributed by atoms with Crippen LogP contribution in [0.5, 0.6) is 0 Å². The zero-order valence-electron chi connectivity index (χ0n) is 11.6. The predicted octanol–water partition coefficient (Wildman–Crippen LogP) is 2.78. The third kappa shape index (κ3) is 3.54. The molecule has 1 fully saturated rings. The van der Waals surface area contributed by atoms with Crippen molar-refractivity contribution in [2.24, 2.45) is 5.92 Å². The van der Waals surface area contributed by atoms with Crippen LogP contribution in [-0.2, 0) is 4.79 Å². The van der Waals surface area contributed by atoms with Gasteiger partial charge in [-0.15, -0.1) is 11.8 Å². The lowest BCUT2D eigenvalue weighted by Crippen LogP contribution is -2.43. The smallest absolute Gasteiger partial charge is 0.316 e. The SMILES string of the molecule is CC1CC(NC(=O)c2ccccc2SC(C)C(=O)O)C1. The standard InChI is InChI=1S/C15H19NO3S/c1-9-7-11(8-9)16-14(17)12-5-3-4-6-13(12)20-10(2)15(18)19/h3-6,9-11H,7-8H2,1-2H3,(H,16,17)(H,18,19). The highest BCUT2D eigenvalue weighted by Crippen LogP contribution is 2.29. The fourth-order valence-corrected chi connectivity index (χ4v) is 3.21. The minimum absolute atomic E-state index is 0.109. The van der Waals surface area contributed by atoms with Crippen LogP contribution in [0, 0.1) is 5.92 Å². The molecule has 5 heteroatoms. The first-order valence-electron chi connectivity index (χ1n) is 6.76. The largest absolute Gasteiger partial charge is 0.480 e. The number of carboxylic acid groups (broad SMARTS) is 1. The number of thioether (sulfide) groups is 1. The molecule has 1 amide bonds. The van der Waals surface area contributed by atoms with Gasteiger partial charge >= 0.3 is 5.97 Å². The van der Waals surface area contributed by atoms with Gasteiger partial charge in [0.05, 0.1) is 5.56 Å². The molecule has 0 radical (unpaired) electrons. The highest BCUT2D eigenvalue weighted by Gasteiger charge is 2.27. The first-order valence-corrected chi connectivity index (χ1v) is 7.64. The molecule has 1 unspecified atom stereocenters. The maximum absolute atomic E-state index is 12.3. The fourth-order valence-electron chi connectivity index (χ4n) is 2.28. The van der Waals surface area contributed by atoms with Gasteiger partial charge in [0, 0.05) is 10.9 Å². The average molecular weight is 293 g/mol. The molecule has 2 rings (SSSR count). The highest BCUT2D eigenvalue weighted by molar-refractivity contribution is 8.00. The van der Waals surface area contributed by atoms with Gasteiger partial charge in [-0.2, -0.15) is 0 Å². The van der Waals surface area contributed by atoms with E-state index in [1.165, 1.54) is 11.8 Å². The quantitative estimate of drug-likeness (QED) is 0.819. The van der Waals surface area contributed by atoms with Crippen molar-refractivity contribution >= 4 is 23.6 Å². The topological polar surface area (TPSA) is 66.4 Å². The summed E-state index contributed by atoms with van der Waals surface area (Å²) in [5, 5.41) is 11.4. The van der Waals surface area contributed by atoms with Crippen molar-refractivity contribution in [1.82, 2.24) is 5.32 Å². The molecule has 108 valence electrons. The third-order valence-electron chi connectivity index (χ3n) is 3.49. The van der Waals surface area contributed by atoms with E-state index < -0.39 is 11.2 Å². The van der Waals surface area contributed by atoms with Gasteiger partial charge in [-0.25, -0.2) is 0 Å². The Labute approximate surface area is 123 Å². The zero-order chi connectivity index (χ0) is 14.7. The van der Waals surface area contributed by atoms with E-state index in [1.807, 2.05) is 6.07 Å². The van der Waals surface area contributed by atoms with Crippen LogP contribution in [0.4, 0.5) is 0 Å². The summed E-state index contributed by atoms with van der Waals surface area (Å²) < 4.78 is 0. The van der Waals surface area contributed by atoms with Crippen LogP contribution in [0.2, 0.25) is 0 Å².